The predicted octanol–water partition coefficient (Wildman–Crippen LogP) is 5.24. The number of ether oxygens (including phenoxy) is 1. The molecule has 9 nitrogen and oxygen atoms in total. The lowest BCUT2D eigenvalue weighted by Crippen LogP contribution is -2.17. The summed E-state index contributed by atoms with van der Waals surface area (Å²) in [4.78, 5) is 20.3. The molecule has 0 unspecified atom stereocenters. The van der Waals surface area contributed by atoms with Gasteiger partial charge in [0.1, 0.15) is 17.4 Å². The van der Waals surface area contributed by atoms with Crippen molar-refractivity contribution in [2.24, 2.45) is 0 Å². The van der Waals surface area contributed by atoms with Crippen molar-refractivity contribution in [3.05, 3.63) is 70.2 Å². The summed E-state index contributed by atoms with van der Waals surface area (Å²) in [5, 5.41) is 4.66. The minimum Gasteiger partial charge on any atom is -0.493 e. The van der Waals surface area contributed by atoms with Gasteiger partial charge in [-0.3, -0.25) is 9.52 Å². The topological polar surface area (TPSA) is 118 Å². The number of anilines is 1. The average Bonchev–Trinajstić information content (AvgIpc) is 3.19. The van der Waals surface area contributed by atoms with Crippen molar-refractivity contribution in [1.82, 2.24) is 19.6 Å². The molecular formula is C27H32FN5O4S. The number of unbranched alkanes of at least 4 members (excludes halogenated alkanes) is 4. The number of benzene rings is 2. The van der Waals surface area contributed by atoms with E-state index in [1.54, 1.807) is 18.4 Å². The Bertz CT molecular complexity index is 1600. The number of H-pyrrole nitrogens is 1. The van der Waals surface area contributed by atoms with Crippen LogP contribution in [0.4, 0.5) is 10.1 Å². The van der Waals surface area contributed by atoms with Crippen molar-refractivity contribution in [3.63, 3.8) is 0 Å². The van der Waals surface area contributed by atoms with Gasteiger partial charge < -0.3 is 9.72 Å². The molecule has 0 fully saturated rings. The normalized spacial score (nSPS) is 11.7. The van der Waals surface area contributed by atoms with Gasteiger partial charge in [-0.2, -0.15) is 0 Å². The summed E-state index contributed by atoms with van der Waals surface area (Å²) < 4.78 is 49.5. The van der Waals surface area contributed by atoms with Crippen LogP contribution in [0.15, 0.2) is 52.2 Å². The third-order valence-corrected chi connectivity index (χ3v) is 7.52. The van der Waals surface area contributed by atoms with Crippen LogP contribution < -0.4 is 15.0 Å². The fraction of sp³-hybridized carbons (Fsp3) is 0.370. The van der Waals surface area contributed by atoms with Gasteiger partial charge in [-0.1, -0.05) is 38.7 Å². The van der Waals surface area contributed by atoms with Gasteiger partial charge in [-0.15, -0.1) is 5.10 Å². The highest BCUT2D eigenvalue weighted by atomic mass is 32.2. The molecule has 2 heterocycles. The Balaban J connectivity index is 1.75. The third kappa shape index (κ3) is 6.04. The highest BCUT2D eigenvalue weighted by Gasteiger charge is 2.21. The fourth-order valence-electron chi connectivity index (χ4n) is 4.31. The van der Waals surface area contributed by atoms with Crippen LogP contribution in [-0.2, 0) is 16.4 Å². The molecule has 0 radical (unpaired) electrons. The number of hydrogen-bond acceptors (Lipinski definition) is 6. The van der Waals surface area contributed by atoms with E-state index in [2.05, 4.69) is 26.7 Å². The molecule has 38 heavy (non-hydrogen) atoms. The smallest absolute Gasteiger partial charge is 0.277 e. The van der Waals surface area contributed by atoms with Crippen molar-refractivity contribution in [1.29, 1.82) is 0 Å². The molecule has 0 aliphatic heterocycles. The molecule has 4 rings (SSSR count). The molecule has 4 aromatic rings. The van der Waals surface area contributed by atoms with E-state index in [0.717, 1.165) is 31.7 Å². The molecular weight excluding hydrogens is 509 g/mol. The number of rotatable bonds is 12. The summed E-state index contributed by atoms with van der Waals surface area (Å²) in [5.41, 5.74) is 0.936. The lowest BCUT2D eigenvalue weighted by Gasteiger charge is -2.13. The summed E-state index contributed by atoms with van der Waals surface area (Å²) in [5.74, 6) is 0.622. The fourth-order valence-corrected chi connectivity index (χ4v) is 5.39. The van der Waals surface area contributed by atoms with Crippen LogP contribution in [-0.4, -0.2) is 34.6 Å². The first-order valence-electron chi connectivity index (χ1n) is 12.8. The average molecular weight is 542 g/mol. The van der Waals surface area contributed by atoms with Crippen molar-refractivity contribution in [2.45, 2.75) is 64.2 Å². The van der Waals surface area contributed by atoms with E-state index in [9.17, 15) is 17.6 Å². The molecule has 11 heteroatoms. The summed E-state index contributed by atoms with van der Waals surface area (Å²) in [6, 6.07) is 9.45. The Labute approximate surface area is 221 Å². The van der Waals surface area contributed by atoms with Gasteiger partial charge >= 0.3 is 0 Å². The maximum absolute atomic E-state index is 13.6. The monoisotopic (exact) mass is 541 g/mol. The maximum Gasteiger partial charge on any atom is 0.277 e. The van der Waals surface area contributed by atoms with Crippen LogP contribution >= 0.6 is 0 Å². The SMILES string of the molecule is CCCCCCCc1nc(C)c2c(=O)[nH]c(-c3cc(S(=O)(=O)Nc4cccc(F)c4)ccc3OCC)nn12. The summed E-state index contributed by atoms with van der Waals surface area (Å²) in [7, 11) is -4.08. The van der Waals surface area contributed by atoms with Crippen LogP contribution in [0.5, 0.6) is 5.75 Å². The van der Waals surface area contributed by atoms with E-state index in [0.29, 0.717) is 41.4 Å². The van der Waals surface area contributed by atoms with E-state index in [1.807, 2.05) is 0 Å². The second-order valence-electron chi connectivity index (χ2n) is 9.05. The molecule has 0 aliphatic rings. The molecule has 0 bridgehead atoms. The lowest BCUT2D eigenvalue weighted by molar-refractivity contribution is 0.341. The zero-order valence-electron chi connectivity index (χ0n) is 21.8. The number of halogens is 1. The number of fused-ring (bicyclic) bond motifs is 1. The second kappa shape index (κ2) is 11.8. The predicted molar refractivity (Wildman–Crippen MR) is 145 cm³/mol. The van der Waals surface area contributed by atoms with E-state index < -0.39 is 15.8 Å². The zero-order valence-corrected chi connectivity index (χ0v) is 22.6. The maximum atomic E-state index is 13.6. The van der Waals surface area contributed by atoms with Crippen molar-refractivity contribution >= 4 is 21.2 Å². The van der Waals surface area contributed by atoms with E-state index >= 15 is 0 Å². The Morgan fingerprint density at radius 2 is 1.87 bits per heavy atom. The van der Waals surface area contributed by atoms with Crippen LogP contribution in [0.25, 0.3) is 16.9 Å². The number of aromatic amines is 1. The van der Waals surface area contributed by atoms with Gasteiger partial charge in [0.05, 0.1) is 28.4 Å². The van der Waals surface area contributed by atoms with Crippen molar-refractivity contribution in [2.75, 3.05) is 11.3 Å². The molecule has 0 spiro atoms. The molecule has 0 saturated heterocycles. The number of sulfonamides is 1. The summed E-state index contributed by atoms with van der Waals surface area (Å²) in [6.07, 6.45) is 6.12. The van der Waals surface area contributed by atoms with E-state index in [-0.39, 0.29) is 22.0 Å². The number of nitrogens with one attached hydrogen (secondary N) is 2. The first-order chi connectivity index (χ1) is 18.2. The van der Waals surface area contributed by atoms with Crippen LogP contribution in [0, 0.1) is 12.7 Å². The Morgan fingerprint density at radius 3 is 2.61 bits per heavy atom. The van der Waals surface area contributed by atoms with Crippen molar-refractivity contribution in [3.8, 4) is 17.1 Å². The summed E-state index contributed by atoms with van der Waals surface area (Å²) >= 11 is 0. The molecule has 2 aromatic carbocycles. The van der Waals surface area contributed by atoms with Gasteiger partial charge in [-0.25, -0.2) is 22.3 Å². The Kier molecular flexibility index (Phi) is 8.45. The molecule has 0 atom stereocenters. The Hall–Kier alpha value is -3.73. The van der Waals surface area contributed by atoms with Crippen LogP contribution in [0.1, 0.15) is 57.5 Å². The molecule has 0 amide bonds. The minimum absolute atomic E-state index is 0.0888. The molecule has 2 N–H and O–H groups in total. The number of hydrogen-bond donors (Lipinski definition) is 2. The van der Waals surface area contributed by atoms with Gasteiger partial charge in [0.25, 0.3) is 15.6 Å². The number of nitrogens with zero attached hydrogens (tertiary/aromatic N) is 3. The third-order valence-electron chi connectivity index (χ3n) is 6.14. The first-order valence-corrected chi connectivity index (χ1v) is 14.3. The number of aromatic nitrogens is 4. The van der Waals surface area contributed by atoms with Crippen LogP contribution in [0.3, 0.4) is 0 Å². The van der Waals surface area contributed by atoms with E-state index in [1.165, 1.54) is 42.8 Å². The minimum atomic E-state index is -4.08. The summed E-state index contributed by atoms with van der Waals surface area (Å²) in [6.45, 7) is 6.05. The lowest BCUT2D eigenvalue weighted by atomic mass is 10.1. The van der Waals surface area contributed by atoms with Gasteiger partial charge in [0, 0.05) is 6.42 Å². The van der Waals surface area contributed by atoms with Gasteiger partial charge in [0.2, 0.25) is 0 Å². The standard InChI is InChI=1S/C27H32FN5O4S/c1-4-6-7-8-9-13-24-29-18(3)25-27(34)30-26(31-33(24)25)22-17-21(14-15-23(22)37-5-2)38(35,36)32-20-12-10-11-19(28)16-20/h10-12,14-17,32H,4-9,13H2,1-3H3,(H,30,31,34). The molecule has 0 saturated carbocycles. The van der Waals surface area contributed by atoms with Gasteiger partial charge in [-0.05, 0) is 56.7 Å². The zero-order chi connectivity index (χ0) is 27.3. The largest absolute Gasteiger partial charge is 0.493 e. The van der Waals surface area contributed by atoms with Crippen molar-refractivity contribution < 1.29 is 17.5 Å². The van der Waals surface area contributed by atoms with Crippen LogP contribution in [0.2, 0.25) is 0 Å². The highest BCUT2D eigenvalue weighted by Crippen LogP contribution is 2.31. The number of imidazole rings is 1. The quantitative estimate of drug-likeness (QED) is 0.237. The number of aryl methyl sites for hydroxylation is 2. The van der Waals surface area contributed by atoms with Gasteiger partial charge in [0.15, 0.2) is 11.3 Å². The first kappa shape index (κ1) is 27.3. The molecule has 202 valence electrons. The molecule has 2 aromatic heterocycles. The highest BCUT2D eigenvalue weighted by molar-refractivity contribution is 7.92. The second-order valence-corrected chi connectivity index (χ2v) is 10.7. The Morgan fingerprint density at radius 1 is 1.08 bits per heavy atom. The van der Waals surface area contributed by atoms with E-state index in [4.69, 9.17) is 4.74 Å². The molecule has 0 aliphatic carbocycles.